The summed E-state index contributed by atoms with van der Waals surface area (Å²) in [5, 5.41) is 11.0. The van der Waals surface area contributed by atoms with E-state index in [4.69, 9.17) is 4.74 Å². The molecule has 0 saturated carbocycles. The largest absolute Gasteiger partial charge is 0.490 e. The molecule has 0 atom stereocenters. The second-order valence-corrected chi connectivity index (χ2v) is 4.63. The molecule has 1 radical (unpaired) electrons. The molecule has 23 heavy (non-hydrogen) atoms. The van der Waals surface area contributed by atoms with Gasteiger partial charge in [0.15, 0.2) is 5.75 Å². The van der Waals surface area contributed by atoms with Crippen molar-refractivity contribution >= 4 is 23.6 Å². The number of ketones is 1. The van der Waals surface area contributed by atoms with Gasteiger partial charge in [-0.2, -0.15) is 24.3 Å². The van der Waals surface area contributed by atoms with E-state index in [9.17, 15) is 14.9 Å². The molecule has 0 heterocycles. The van der Waals surface area contributed by atoms with Gasteiger partial charge < -0.3 is 9.53 Å². The molecule has 0 aliphatic rings. The summed E-state index contributed by atoms with van der Waals surface area (Å²) < 4.78 is 4.96. The number of nitrogens with zero attached hydrogens (tertiary/aromatic N) is 1. The molecule has 0 saturated heterocycles. The summed E-state index contributed by atoms with van der Waals surface area (Å²) in [6.45, 7) is 1.49. The minimum atomic E-state index is -0.486. The fourth-order valence-electron chi connectivity index (χ4n) is 1.94. The molecule has 0 N–H and O–H groups in total. The number of benzene rings is 2. The van der Waals surface area contributed by atoms with Crippen molar-refractivity contribution in [2.45, 2.75) is 6.92 Å². The van der Waals surface area contributed by atoms with E-state index in [2.05, 4.69) is 6.07 Å². The fraction of sp³-hybridized carbons (Fsp3) is 0.118. The van der Waals surface area contributed by atoms with Gasteiger partial charge in [0, 0.05) is 22.8 Å². The molecule has 0 fully saturated rings. The van der Waals surface area contributed by atoms with Gasteiger partial charge in [-0.3, -0.25) is 10.1 Å². The maximum absolute atomic E-state index is 11.3. The minimum absolute atomic E-state index is 0. The second-order valence-electron chi connectivity index (χ2n) is 4.63. The standard InChI is InChI=1S/C17H14NO4.Co/c1-12(19)15-5-3-4-13(10-15)6-7-14-8-9-17(22-2)16(11-14)18(20)21;/h4-11H,1-2H3;/q-1;/b7-6+;. The van der Waals surface area contributed by atoms with Crippen molar-refractivity contribution in [2.24, 2.45) is 0 Å². The van der Waals surface area contributed by atoms with E-state index in [1.807, 2.05) is 0 Å². The predicted molar refractivity (Wildman–Crippen MR) is 83.9 cm³/mol. The fourth-order valence-corrected chi connectivity index (χ4v) is 1.94. The van der Waals surface area contributed by atoms with Gasteiger partial charge >= 0.3 is 5.69 Å². The van der Waals surface area contributed by atoms with Gasteiger partial charge in [-0.15, -0.1) is 11.6 Å². The van der Waals surface area contributed by atoms with Crippen LogP contribution in [0.3, 0.4) is 0 Å². The Morgan fingerprint density at radius 3 is 2.52 bits per heavy atom. The van der Waals surface area contributed by atoms with Crippen molar-refractivity contribution < 1.29 is 31.2 Å². The van der Waals surface area contributed by atoms with Gasteiger partial charge in [0.2, 0.25) is 0 Å². The number of Topliss-reactive ketones (excluding diaryl/α,β-unsaturated/α-hetero) is 1. The molecular formula is C17H14CoNO4-. The van der Waals surface area contributed by atoms with E-state index >= 15 is 0 Å². The molecule has 0 amide bonds. The zero-order chi connectivity index (χ0) is 16.1. The van der Waals surface area contributed by atoms with Crippen LogP contribution in [0.1, 0.15) is 28.4 Å². The molecule has 0 unspecified atom stereocenters. The number of hydrogen-bond acceptors (Lipinski definition) is 4. The molecule has 0 aliphatic carbocycles. The van der Waals surface area contributed by atoms with Crippen LogP contribution in [0.5, 0.6) is 5.75 Å². The zero-order valence-electron chi connectivity index (χ0n) is 12.5. The Bertz CT molecular complexity index is 756. The van der Waals surface area contributed by atoms with Crippen LogP contribution in [0.4, 0.5) is 5.69 Å². The molecule has 2 aromatic rings. The summed E-state index contributed by atoms with van der Waals surface area (Å²) in [5.41, 5.74) is 1.95. The van der Waals surface area contributed by atoms with Crippen LogP contribution in [0.2, 0.25) is 0 Å². The first-order valence-corrected chi connectivity index (χ1v) is 6.54. The van der Waals surface area contributed by atoms with Crippen molar-refractivity contribution in [1.29, 1.82) is 0 Å². The Kier molecular flexibility index (Phi) is 6.68. The molecule has 5 nitrogen and oxygen atoms in total. The van der Waals surface area contributed by atoms with E-state index in [-0.39, 0.29) is 34.0 Å². The number of nitro groups is 1. The summed E-state index contributed by atoms with van der Waals surface area (Å²) in [6.07, 6.45) is 3.51. The van der Waals surface area contributed by atoms with E-state index in [0.29, 0.717) is 11.1 Å². The summed E-state index contributed by atoms with van der Waals surface area (Å²) in [6, 6.07) is 12.7. The SMILES string of the molecule is COc1ccc(/C=C/c2c[c-]cc(C(C)=O)c2)cc1[N+](=O)[O-].[Co]. The van der Waals surface area contributed by atoms with Crippen molar-refractivity contribution in [3.63, 3.8) is 0 Å². The topological polar surface area (TPSA) is 69.4 Å². The summed E-state index contributed by atoms with van der Waals surface area (Å²) >= 11 is 0. The maximum Gasteiger partial charge on any atom is 0.311 e. The first kappa shape index (κ1) is 18.6. The maximum atomic E-state index is 11.3. The molecule has 0 aliphatic heterocycles. The average Bonchev–Trinajstić information content (AvgIpc) is 2.52. The van der Waals surface area contributed by atoms with Gasteiger partial charge in [-0.05, 0) is 18.6 Å². The first-order chi connectivity index (χ1) is 10.5. The number of ether oxygens (including phenoxy) is 1. The molecule has 6 heteroatoms. The van der Waals surface area contributed by atoms with Crippen molar-refractivity contribution in [1.82, 2.24) is 0 Å². The quantitative estimate of drug-likeness (QED) is 0.269. The van der Waals surface area contributed by atoms with Crippen LogP contribution >= 0.6 is 0 Å². The van der Waals surface area contributed by atoms with Gasteiger partial charge in [0.1, 0.15) is 5.78 Å². The third-order valence-corrected chi connectivity index (χ3v) is 3.09. The Labute approximate surface area is 144 Å². The van der Waals surface area contributed by atoms with E-state index < -0.39 is 4.92 Å². The molecule has 121 valence electrons. The summed E-state index contributed by atoms with van der Waals surface area (Å²) in [5.74, 6) is 0.181. The molecular weight excluding hydrogens is 341 g/mol. The van der Waals surface area contributed by atoms with E-state index in [1.165, 1.54) is 20.1 Å². The van der Waals surface area contributed by atoms with Gasteiger partial charge in [0.25, 0.3) is 0 Å². The average molecular weight is 355 g/mol. The monoisotopic (exact) mass is 355 g/mol. The Morgan fingerprint density at radius 1 is 1.22 bits per heavy atom. The van der Waals surface area contributed by atoms with E-state index in [1.54, 1.807) is 42.5 Å². The smallest absolute Gasteiger partial charge is 0.311 e. The number of carbonyl (C=O) groups excluding carboxylic acids is 1. The van der Waals surface area contributed by atoms with Gasteiger partial charge in [-0.25, -0.2) is 0 Å². The van der Waals surface area contributed by atoms with Crippen LogP contribution in [-0.2, 0) is 16.8 Å². The zero-order valence-corrected chi connectivity index (χ0v) is 13.6. The molecule has 0 spiro atoms. The molecule has 0 bridgehead atoms. The number of hydrogen-bond donors (Lipinski definition) is 0. The Hall–Kier alpha value is -2.44. The van der Waals surface area contributed by atoms with Crippen LogP contribution in [0.25, 0.3) is 12.2 Å². The number of rotatable bonds is 5. The molecule has 0 aromatic heterocycles. The minimum Gasteiger partial charge on any atom is -0.490 e. The Morgan fingerprint density at radius 2 is 1.91 bits per heavy atom. The number of methoxy groups -OCH3 is 1. The van der Waals surface area contributed by atoms with Crippen LogP contribution in [0, 0.1) is 16.2 Å². The molecule has 2 rings (SSSR count). The van der Waals surface area contributed by atoms with Crippen LogP contribution in [0.15, 0.2) is 36.4 Å². The van der Waals surface area contributed by atoms with Gasteiger partial charge in [0.05, 0.1) is 12.0 Å². The second kappa shape index (κ2) is 8.26. The van der Waals surface area contributed by atoms with Crippen molar-refractivity contribution in [3.8, 4) is 5.75 Å². The van der Waals surface area contributed by atoms with Crippen molar-refractivity contribution in [2.75, 3.05) is 7.11 Å². The third kappa shape index (κ3) is 4.77. The van der Waals surface area contributed by atoms with Gasteiger partial charge in [-0.1, -0.05) is 17.7 Å². The normalized spacial score (nSPS) is 10.2. The molecule has 2 aromatic carbocycles. The van der Waals surface area contributed by atoms with E-state index in [0.717, 1.165) is 5.56 Å². The van der Waals surface area contributed by atoms with Crippen molar-refractivity contribution in [3.05, 3.63) is 69.3 Å². The van der Waals surface area contributed by atoms with Crippen LogP contribution < -0.4 is 4.74 Å². The predicted octanol–water partition coefficient (Wildman–Crippen LogP) is 3.77. The number of carbonyl (C=O) groups is 1. The summed E-state index contributed by atoms with van der Waals surface area (Å²) in [4.78, 5) is 21.8. The number of nitro benzene ring substituents is 1. The third-order valence-electron chi connectivity index (χ3n) is 3.09. The summed E-state index contributed by atoms with van der Waals surface area (Å²) in [7, 11) is 1.39. The first-order valence-electron chi connectivity index (χ1n) is 6.54. The van der Waals surface area contributed by atoms with Crippen LogP contribution in [-0.4, -0.2) is 17.8 Å². The Balaban J connectivity index is 0.00000264.